The summed E-state index contributed by atoms with van der Waals surface area (Å²) in [6.07, 6.45) is 0. The van der Waals surface area contributed by atoms with Crippen molar-refractivity contribution in [3.05, 3.63) is 28.8 Å². The largest absolute Gasteiger partial charge is 0.467 e. The molecule has 0 aliphatic heterocycles. The minimum atomic E-state index is -0.765. The van der Waals surface area contributed by atoms with Gasteiger partial charge in [-0.25, -0.2) is 4.79 Å². The fourth-order valence-corrected chi connectivity index (χ4v) is 2.82. The van der Waals surface area contributed by atoms with Crippen molar-refractivity contribution in [2.45, 2.75) is 40.7 Å². The third-order valence-electron chi connectivity index (χ3n) is 3.74. The van der Waals surface area contributed by atoms with Crippen LogP contribution in [0.3, 0.4) is 0 Å². The van der Waals surface area contributed by atoms with Crippen LogP contribution < -0.4 is 4.90 Å². The van der Waals surface area contributed by atoms with Crippen molar-refractivity contribution < 1.29 is 19.1 Å². The molecular weight excluding hydrogens is 314 g/mol. The van der Waals surface area contributed by atoms with Gasteiger partial charge in [0.25, 0.3) is 0 Å². The SMILES string of the molecule is COC(=O)[C@H](C)N(C(=O)CSC(C)=O)c1c(C)ccc(C)c1C. The molecule has 1 amide bonds. The van der Waals surface area contributed by atoms with Crippen LogP contribution >= 0.6 is 11.8 Å². The predicted octanol–water partition coefficient (Wildman–Crippen LogP) is 2.79. The number of hydrogen-bond donors (Lipinski definition) is 0. The highest BCUT2D eigenvalue weighted by molar-refractivity contribution is 8.14. The molecule has 0 fully saturated rings. The molecule has 0 saturated carbocycles. The molecule has 1 aromatic rings. The van der Waals surface area contributed by atoms with Gasteiger partial charge in [-0.1, -0.05) is 23.9 Å². The van der Waals surface area contributed by atoms with E-state index in [-0.39, 0.29) is 16.8 Å². The van der Waals surface area contributed by atoms with Gasteiger partial charge in [-0.05, 0) is 44.4 Å². The van der Waals surface area contributed by atoms with Crippen molar-refractivity contribution in [2.24, 2.45) is 0 Å². The van der Waals surface area contributed by atoms with Crippen LogP contribution in [-0.4, -0.2) is 35.9 Å². The first kappa shape index (κ1) is 19.2. The second-order valence-electron chi connectivity index (χ2n) is 5.42. The molecule has 0 aliphatic carbocycles. The lowest BCUT2D eigenvalue weighted by molar-refractivity contribution is -0.142. The number of aryl methyl sites for hydroxylation is 2. The summed E-state index contributed by atoms with van der Waals surface area (Å²) in [4.78, 5) is 37.3. The summed E-state index contributed by atoms with van der Waals surface area (Å²) in [6, 6.07) is 3.13. The van der Waals surface area contributed by atoms with Crippen LogP contribution in [0.4, 0.5) is 5.69 Å². The Morgan fingerprint density at radius 3 is 2.26 bits per heavy atom. The average molecular weight is 337 g/mol. The summed E-state index contributed by atoms with van der Waals surface area (Å²) in [5.74, 6) is -0.796. The molecule has 1 atom stereocenters. The summed E-state index contributed by atoms with van der Waals surface area (Å²) in [7, 11) is 1.29. The maximum atomic E-state index is 12.7. The van der Waals surface area contributed by atoms with Gasteiger partial charge in [-0.2, -0.15) is 0 Å². The zero-order chi connectivity index (χ0) is 17.7. The number of ether oxygens (including phenoxy) is 1. The summed E-state index contributed by atoms with van der Waals surface area (Å²) < 4.78 is 4.79. The number of amides is 1. The van der Waals surface area contributed by atoms with Crippen molar-refractivity contribution >= 4 is 34.4 Å². The van der Waals surface area contributed by atoms with E-state index in [1.54, 1.807) is 6.92 Å². The van der Waals surface area contributed by atoms with Crippen molar-refractivity contribution in [1.82, 2.24) is 0 Å². The van der Waals surface area contributed by atoms with Crippen LogP contribution in [0, 0.1) is 20.8 Å². The molecule has 23 heavy (non-hydrogen) atoms. The van der Waals surface area contributed by atoms with Gasteiger partial charge < -0.3 is 4.74 Å². The molecule has 0 radical (unpaired) electrons. The van der Waals surface area contributed by atoms with E-state index in [2.05, 4.69) is 0 Å². The molecule has 6 heteroatoms. The Bertz CT molecular complexity index is 627. The van der Waals surface area contributed by atoms with E-state index in [4.69, 9.17) is 4.74 Å². The lowest BCUT2D eigenvalue weighted by atomic mass is 10.0. The Kier molecular flexibility index (Phi) is 6.81. The lowest BCUT2D eigenvalue weighted by Crippen LogP contribution is -2.46. The second-order valence-corrected chi connectivity index (χ2v) is 6.57. The third-order valence-corrected chi connectivity index (χ3v) is 4.54. The molecule has 0 unspecified atom stereocenters. The highest BCUT2D eigenvalue weighted by Crippen LogP contribution is 2.30. The summed E-state index contributed by atoms with van der Waals surface area (Å²) in [5, 5.41) is -0.137. The second kappa shape index (κ2) is 8.15. The number of carbonyl (C=O) groups excluding carboxylic acids is 3. The fourth-order valence-electron chi connectivity index (χ4n) is 2.35. The average Bonchev–Trinajstić information content (AvgIpc) is 2.51. The number of nitrogens with zero attached hydrogens (tertiary/aromatic N) is 1. The highest BCUT2D eigenvalue weighted by atomic mass is 32.2. The van der Waals surface area contributed by atoms with Gasteiger partial charge in [0, 0.05) is 6.92 Å². The van der Waals surface area contributed by atoms with Crippen LogP contribution in [0.2, 0.25) is 0 Å². The van der Waals surface area contributed by atoms with Crippen molar-refractivity contribution in [3.8, 4) is 0 Å². The highest BCUT2D eigenvalue weighted by Gasteiger charge is 2.30. The fraction of sp³-hybridized carbons (Fsp3) is 0.471. The van der Waals surface area contributed by atoms with E-state index in [1.807, 2.05) is 32.9 Å². The molecule has 0 heterocycles. The van der Waals surface area contributed by atoms with Gasteiger partial charge in [0.15, 0.2) is 5.12 Å². The number of thioether (sulfide) groups is 1. The van der Waals surface area contributed by atoms with Gasteiger partial charge in [-0.15, -0.1) is 0 Å². The Morgan fingerprint density at radius 2 is 1.74 bits per heavy atom. The van der Waals surface area contributed by atoms with Gasteiger partial charge in [0.05, 0.1) is 18.6 Å². The van der Waals surface area contributed by atoms with Gasteiger partial charge in [0.1, 0.15) is 6.04 Å². The zero-order valence-corrected chi connectivity index (χ0v) is 15.2. The lowest BCUT2D eigenvalue weighted by Gasteiger charge is -2.31. The van der Waals surface area contributed by atoms with Crippen LogP contribution in [-0.2, 0) is 19.1 Å². The van der Waals surface area contributed by atoms with E-state index < -0.39 is 12.0 Å². The molecule has 0 bridgehead atoms. The molecule has 5 nitrogen and oxygen atoms in total. The first-order chi connectivity index (χ1) is 10.7. The topological polar surface area (TPSA) is 63.7 Å². The van der Waals surface area contributed by atoms with Crippen LogP contribution in [0.15, 0.2) is 12.1 Å². The Balaban J connectivity index is 3.35. The smallest absolute Gasteiger partial charge is 0.328 e. The molecule has 0 N–H and O–H groups in total. The number of hydrogen-bond acceptors (Lipinski definition) is 5. The molecule has 0 aliphatic rings. The van der Waals surface area contributed by atoms with Crippen molar-refractivity contribution in [2.75, 3.05) is 17.8 Å². The summed E-state index contributed by atoms with van der Waals surface area (Å²) in [5.41, 5.74) is 3.56. The third kappa shape index (κ3) is 4.58. The van der Waals surface area contributed by atoms with E-state index in [0.29, 0.717) is 5.69 Å². The maximum Gasteiger partial charge on any atom is 0.328 e. The monoisotopic (exact) mass is 337 g/mol. The van der Waals surface area contributed by atoms with Crippen LogP contribution in [0.25, 0.3) is 0 Å². The zero-order valence-electron chi connectivity index (χ0n) is 14.4. The van der Waals surface area contributed by atoms with Gasteiger partial charge >= 0.3 is 5.97 Å². The Labute approximate surface area is 141 Å². The quantitative estimate of drug-likeness (QED) is 0.773. The summed E-state index contributed by atoms with van der Waals surface area (Å²) >= 11 is 0.933. The van der Waals surface area contributed by atoms with Gasteiger partial charge in [0.2, 0.25) is 5.91 Å². The number of methoxy groups -OCH3 is 1. The molecule has 0 aromatic heterocycles. The van der Waals surface area contributed by atoms with E-state index >= 15 is 0 Å². The number of carbonyl (C=O) groups is 3. The first-order valence-electron chi connectivity index (χ1n) is 7.30. The van der Waals surface area contributed by atoms with Crippen molar-refractivity contribution in [3.63, 3.8) is 0 Å². The number of esters is 1. The molecular formula is C17H23NO4S. The van der Waals surface area contributed by atoms with E-state index in [1.165, 1.54) is 18.9 Å². The molecule has 126 valence electrons. The predicted molar refractivity (Wildman–Crippen MR) is 92.8 cm³/mol. The standard InChI is InChI=1S/C17H23NO4S/c1-10-7-8-11(2)16(12(10)3)18(13(4)17(21)22-6)15(20)9-23-14(5)19/h7-8,13H,9H2,1-6H3/t13-/m0/s1. The van der Waals surface area contributed by atoms with E-state index in [0.717, 1.165) is 28.5 Å². The molecule has 0 spiro atoms. The number of anilines is 1. The molecule has 1 aromatic carbocycles. The summed E-state index contributed by atoms with van der Waals surface area (Å²) in [6.45, 7) is 8.80. The van der Waals surface area contributed by atoms with Gasteiger partial charge in [-0.3, -0.25) is 14.5 Å². The van der Waals surface area contributed by atoms with E-state index in [9.17, 15) is 14.4 Å². The molecule has 1 rings (SSSR count). The maximum absolute atomic E-state index is 12.7. The van der Waals surface area contributed by atoms with Crippen LogP contribution in [0.1, 0.15) is 30.5 Å². The van der Waals surface area contributed by atoms with Crippen molar-refractivity contribution in [1.29, 1.82) is 0 Å². The minimum Gasteiger partial charge on any atom is -0.467 e. The van der Waals surface area contributed by atoms with Crippen LogP contribution in [0.5, 0.6) is 0 Å². The first-order valence-corrected chi connectivity index (χ1v) is 8.29. The number of rotatable bonds is 5. The Morgan fingerprint density at radius 1 is 1.17 bits per heavy atom. The Hall–Kier alpha value is -1.82. The minimum absolute atomic E-state index is 0.0104. The molecule has 0 saturated heterocycles. The number of benzene rings is 1. The normalized spacial score (nSPS) is 11.7.